The van der Waals surface area contributed by atoms with Crippen molar-refractivity contribution >= 4 is 38.9 Å². The van der Waals surface area contributed by atoms with Gasteiger partial charge in [-0.2, -0.15) is 0 Å². The van der Waals surface area contributed by atoms with Crippen LogP contribution in [0, 0.1) is 31.5 Å². The molecule has 2 unspecified atom stereocenters. The molecule has 0 bridgehead atoms. The number of ether oxygens (including phenoxy) is 3. The van der Waals surface area contributed by atoms with Crippen LogP contribution in [-0.2, 0) is 4.74 Å². The van der Waals surface area contributed by atoms with E-state index < -0.39 is 0 Å². The summed E-state index contributed by atoms with van der Waals surface area (Å²) in [5.74, 6) is 2.12. The number of amides is 1. The number of Topliss-reactive ketones (excluding diaryl/α,β-unsaturated/α-hetero) is 1. The molecule has 1 N–H and O–H groups in total. The lowest BCUT2D eigenvalue weighted by Crippen LogP contribution is -2.13. The van der Waals surface area contributed by atoms with Crippen LogP contribution in [0.15, 0.2) is 48.7 Å². The Bertz CT molecular complexity index is 1550. The minimum Gasteiger partial charge on any atom is -0.496 e. The number of pyridine rings is 1. The predicted molar refractivity (Wildman–Crippen MR) is 190 cm³/mol. The second-order valence-corrected chi connectivity index (χ2v) is 12.8. The van der Waals surface area contributed by atoms with Gasteiger partial charge in [0, 0.05) is 43.7 Å². The van der Waals surface area contributed by atoms with Crippen molar-refractivity contribution in [3.8, 4) is 11.6 Å². The first-order valence-electron chi connectivity index (χ1n) is 16.0. The van der Waals surface area contributed by atoms with Gasteiger partial charge >= 0.3 is 0 Å². The highest BCUT2D eigenvalue weighted by atomic mass is 32.1. The molecule has 0 fully saturated rings. The van der Waals surface area contributed by atoms with Gasteiger partial charge < -0.3 is 19.5 Å². The lowest BCUT2D eigenvalue weighted by Gasteiger charge is -2.15. The van der Waals surface area contributed by atoms with Crippen molar-refractivity contribution in [2.75, 3.05) is 33.3 Å². The topological polar surface area (TPSA) is 99.6 Å². The van der Waals surface area contributed by atoms with E-state index in [0.29, 0.717) is 34.9 Å². The molecule has 0 saturated heterocycles. The number of aromatic nitrogens is 2. The average Bonchev–Trinajstić information content (AvgIpc) is 3.42. The van der Waals surface area contributed by atoms with Gasteiger partial charge in [0.25, 0.3) is 5.91 Å². The number of thiazole rings is 1. The zero-order valence-corrected chi connectivity index (χ0v) is 30.1. The number of nitrogens with one attached hydrogen (secondary N) is 1. The molecule has 0 saturated carbocycles. The fourth-order valence-electron chi connectivity index (χ4n) is 5.11. The molecule has 2 heterocycles. The number of nitrogens with zero attached hydrogens (tertiary/aromatic N) is 2. The Hall–Kier alpha value is -3.89. The number of benzene rings is 2. The molecule has 4 rings (SSSR count). The van der Waals surface area contributed by atoms with E-state index in [1.165, 1.54) is 50.6 Å². The summed E-state index contributed by atoms with van der Waals surface area (Å²) in [6, 6.07) is 10.9. The second-order valence-electron chi connectivity index (χ2n) is 11.6. The molecule has 47 heavy (non-hydrogen) atoms. The number of aryl methyl sites for hydroxylation is 2. The fraction of sp³-hybridized carbons (Fsp3) is 0.459. The van der Waals surface area contributed by atoms with Gasteiger partial charge in [-0.25, -0.2) is 14.4 Å². The minimum atomic E-state index is -0.347. The highest BCUT2D eigenvalue weighted by Gasteiger charge is 2.18. The van der Waals surface area contributed by atoms with E-state index in [1.807, 2.05) is 26.0 Å². The summed E-state index contributed by atoms with van der Waals surface area (Å²) in [5.41, 5.74) is 3.31. The summed E-state index contributed by atoms with van der Waals surface area (Å²) in [6.45, 7) is 13.5. The fourth-order valence-corrected chi connectivity index (χ4v) is 6.09. The van der Waals surface area contributed by atoms with Crippen LogP contribution in [-0.4, -0.2) is 49.6 Å². The van der Waals surface area contributed by atoms with Crippen molar-refractivity contribution in [1.82, 2.24) is 9.97 Å². The standard InChI is InChI=1S/C14H13FN2O2.C13H15NO2S.C10H22O/c1-9-8-16-13(19-2)7-12(9)14(18)17-11-5-3-10(15)4-6-11;1-4-5-10(15)12-11(16-3)7-6-9-13(12)17-8(2)14-9;1-5-6-9(2)7-10(3)8-11-4/h3-8H,1-2H3,(H,17,18);6-7H,4-5H2,1-3H3;9-10H,5-8H2,1-4H3. The van der Waals surface area contributed by atoms with E-state index in [9.17, 15) is 14.0 Å². The van der Waals surface area contributed by atoms with Gasteiger partial charge in [-0.05, 0) is 80.5 Å². The van der Waals surface area contributed by atoms with Gasteiger partial charge in [-0.3, -0.25) is 9.59 Å². The number of hydrogen-bond donors (Lipinski definition) is 1. The van der Waals surface area contributed by atoms with Gasteiger partial charge in [-0.1, -0.05) is 40.5 Å². The number of hydrogen-bond acceptors (Lipinski definition) is 8. The third kappa shape index (κ3) is 12.7. The van der Waals surface area contributed by atoms with Gasteiger partial charge in [0.2, 0.25) is 5.88 Å². The van der Waals surface area contributed by atoms with Crippen LogP contribution in [0.3, 0.4) is 0 Å². The molecule has 2 atom stereocenters. The molecule has 2 aromatic heterocycles. The van der Waals surface area contributed by atoms with Crippen LogP contribution in [0.4, 0.5) is 10.1 Å². The van der Waals surface area contributed by atoms with Crippen molar-refractivity contribution in [3.05, 3.63) is 76.2 Å². The second kappa shape index (κ2) is 20.4. The number of halogens is 1. The summed E-state index contributed by atoms with van der Waals surface area (Å²) < 4.78 is 29.1. The summed E-state index contributed by atoms with van der Waals surface area (Å²) >= 11 is 1.55. The first-order valence-corrected chi connectivity index (χ1v) is 16.8. The zero-order valence-electron chi connectivity index (χ0n) is 29.2. The van der Waals surface area contributed by atoms with Crippen LogP contribution in [0.25, 0.3) is 10.2 Å². The van der Waals surface area contributed by atoms with Crippen LogP contribution in [0.1, 0.15) is 91.1 Å². The number of methoxy groups -OCH3 is 3. The Morgan fingerprint density at radius 2 is 1.66 bits per heavy atom. The lowest BCUT2D eigenvalue weighted by atomic mass is 9.94. The van der Waals surface area contributed by atoms with E-state index >= 15 is 0 Å². The molecule has 0 aliphatic rings. The van der Waals surface area contributed by atoms with Crippen molar-refractivity contribution in [1.29, 1.82) is 0 Å². The number of ketones is 1. The largest absolute Gasteiger partial charge is 0.496 e. The number of fused-ring (bicyclic) bond motifs is 1. The van der Waals surface area contributed by atoms with Crippen LogP contribution >= 0.6 is 11.3 Å². The molecule has 4 aromatic rings. The molecule has 256 valence electrons. The maximum absolute atomic E-state index is 12.8. The zero-order chi connectivity index (χ0) is 34.9. The number of anilines is 1. The highest BCUT2D eigenvalue weighted by molar-refractivity contribution is 7.19. The predicted octanol–water partition coefficient (Wildman–Crippen LogP) is 9.48. The Labute approximate surface area is 283 Å². The van der Waals surface area contributed by atoms with Crippen molar-refractivity contribution in [2.24, 2.45) is 11.8 Å². The van der Waals surface area contributed by atoms with Crippen molar-refractivity contribution in [3.63, 3.8) is 0 Å². The first-order chi connectivity index (χ1) is 22.5. The minimum absolute atomic E-state index is 0.138. The number of carbonyl (C=O) groups excluding carboxylic acids is 2. The monoisotopic (exact) mass is 667 g/mol. The van der Waals surface area contributed by atoms with E-state index in [-0.39, 0.29) is 17.5 Å². The first kappa shape index (κ1) is 39.3. The normalized spacial score (nSPS) is 11.8. The van der Waals surface area contributed by atoms with E-state index in [1.54, 1.807) is 44.7 Å². The average molecular weight is 668 g/mol. The number of carbonyl (C=O) groups is 2. The van der Waals surface area contributed by atoms with Crippen LogP contribution < -0.4 is 14.8 Å². The summed E-state index contributed by atoms with van der Waals surface area (Å²) in [4.78, 5) is 32.7. The molecule has 2 aromatic carbocycles. The Morgan fingerprint density at radius 1 is 0.957 bits per heavy atom. The molecule has 10 heteroatoms. The molecular weight excluding hydrogens is 617 g/mol. The van der Waals surface area contributed by atoms with Gasteiger partial charge in [-0.15, -0.1) is 11.3 Å². The molecule has 0 radical (unpaired) electrons. The number of rotatable bonds is 13. The van der Waals surface area contributed by atoms with Gasteiger partial charge in [0.05, 0.1) is 35.0 Å². The molecule has 8 nitrogen and oxygen atoms in total. The molecule has 0 aliphatic carbocycles. The SMILES string of the molecule is CCCC(=O)c1c(OC)ccc2nc(C)sc12.CCCC(C)CC(C)COC.COc1cc(C(=O)Nc2ccc(F)cc2)c(C)cn1. The van der Waals surface area contributed by atoms with Gasteiger partial charge in [0.15, 0.2) is 5.78 Å². The van der Waals surface area contributed by atoms with Gasteiger partial charge in [0.1, 0.15) is 11.6 Å². The maximum atomic E-state index is 12.8. The molecule has 0 spiro atoms. The van der Waals surface area contributed by atoms with E-state index in [4.69, 9.17) is 14.2 Å². The Kier molecular flexibility index (Phi) is 17.0. The van der Waals surface area contributed by atoms with Crippen molar-refractivity contribution in [2.45, 2.75) is 73.6 Å². The summed E-state index contributed by atoms with van der Waals surface area (Å²) in [5, 5.41) is 3.66. The summed E-state index contributed by atoms with van der Waals surface area (Å²) in [6.07, 6.45) is 6.93. The Morgan fingerprint density at radius 3 is 2.26 bits per heavy atom. The third-order valence-corrected chi connectivity index (χ3v) is 8.28. The molecule has 0 aliphatic heterocycles. The smallest absolute Gasteiger partial charge is 0.256 e. The molecule has 1 amide bonds. The van der Waals surface area contributed by atoms with Crippen LogP contribution in [0.2, 0.25) is 0 Å². The quantitative estimate of drug-likeness (QED) is 0.142. The lowest BCUT2D eigenvalue weighted by molar-refractivity contribution is 0.0979. The summed E-state index contributed by atoms with van der Waals surface area (Å²) in [7, 11) is 4.86. The highest BCUT2D eigenvalue weighted by Crippen LogP contribution is 2.33. The van der Waals surface area contributed by atoms with E-state index in [0.717, 1.165) is 45.7 Å². The third-order valence-electron chi connectivity index (χ3n) is 7.27. The van der Waals surface area contributed by atoms with E-state index in [2.05, 4.69) is 36.1 Å². The maximum Gasteiger partial charge on any atom is 0.256 e. The van der Waals surface area contributed by atoms with Crippen LogP contribution in [0.5, 0.6) is 11.6 Å². The van der Waals surface area contributed by atoms with Crippen molar-refractivity contribution < 1.29 is 28.2 Å². The Balaban J connectivity index is 0.000000255. The molecular formula is C37H50FN3O5S.